The number of halogens is 4. The Morgan fingerprint density at radius 2 is 1.75 bits per heavy atom. The van der Waals surface area contributed by atoms with Gasteiger partial charge in [-0.05, 0) is 29.8 Å². The number of anilines is 1. The first-order valence-corrected chi connectivity index (χ1v) is 8.22. The zero-order valence-electron chi connectivity index (χ0n) is 9.87. The molecule has 2 aromatic carbocycles. The normalized spacial score (nSPS) is 17.4. The lowest BCUT2D eigenvalue weighted by Crippen LogP contribution is -2.18. The second kappa shape index (κ2) is 5.39. The Morgan fingerprint density at radius 3 is 2.50 bits per heavy atom. The van der Waals surface area contributed by atoms with E-state index in [-0.39, 0.29) is 5.02 Å². The van der Waals surface area contributed by atoms with Crippen LogP contribution in [0.15, 0.2) is 35.2 Å². The molecule has 0 aromatic heterocycles. The lowest BCUT2D eigenvalue weighted by atomic mass is 10.2. The van der Waals surface area contributed by atoms with E-state index in [1.54, 1.807) is 28.6 Å². The minimum Gasteiger partial charge on any atom is -0.282 e. The Bertz CT molecular complexity index is 735. The van der Waals surface area contributed by atoms with Crippen molar-refractivity contribution in [2.45, 2.75) is 11.4 Å². The Labute approximate surface area is 138 Å². The summed E-state index contributed by atoms with van der Waals surface area (Å²) in [5, 5.41) is 1.48. The second-order valence-corrected chi connectivity index (χ2v) is 7.21. The molecule has 2 aromatic rings. The van der Waals surface area contributed by atoms with Gasteiger partial charge in [0.2, 0.25) is 0 Å². The standard InChI is InChI=1S/C13H7Cl4NOS/c14-8-2-1-7-6-18(20(19)11(7)5-8)10-4-3-9(15)12(16)13(10)17/h1-5H,6H2. The third-order valence-electron chi connectivity index (χ3n) is 3.01. The van der Waals surface area contributed by atoms with Gasteiger partial charge < -0.3 is 0 Å². The van der Waals surface area contributed by atoms with Gasteiger partial charge in [0.15, 0.2) is 11.0 Å². The molecular formula is C13H7Cl4NOS. The quantitative estimate of drug-likeness (QED) is 0.623. The summed E-state index contributed by atoms with van der Waals surface area (Å²) in [5.41, 5.74) is 1.54. The molecular weight excluding hydrogens is 360 g/mol. The highest BCUT2D eigenvalue weighted by Crippen LogP contribution is 2.42. The first-order chi connectivity index (χ1) is 9.49. The van der Waals surface area contributed by atoms with Gasteiger partial charge in [-0.2, -0.15) is 0 Å². The molecule has 104 valence electrons. The summed E-state index contributed by atoms with van der Waals surface area (Å²) in [6.45, 7) is 0.483. The van der Waals surface area contributed by atoms with Crippen LogP contribution in [0.1, 0.15) is 5.56 Å². The molecule has 0 fully saturated rings. The van der Waals surface area contributed by atoms with Crippen molar-refractivity contribution >= 4 is 63.1 Å². The van der Waals surface area contributed by atoms with E-state index in [0.717, 1.165) is 5.56 Å². The predicted octanol–water partition coefficient (Wildman–Crippen LogP) is 5.34. The first-order valence-electron chi connectivity index (χ1n) is 5.60. The Kier molecular flexibility index (Phi) is 3.91. The van der Waals surface area contributed by atoms with E-state index in [2.05, 4.69) is 0 Å². The maximum absolute atomic E-state index is 12.5. The monoisotopic (exact) mass is 365 g/mol. The van der Waals surface area contributed by atoms with Gasteiger partial charge in [0, 0.05) is 5.02 Å². The van der Waals surface area contributed by atoms with Gasteiger partial charge in [-0.3, -0.25) is 4.31 Å². The number of hydrogen-bond donors (Lipinski definition) is 0. The molecule has 0 saturated carbocycles. The molecule has 0 bridgehead atoms. The van der Waals surface area contributed by atoms with Crippen molar-refractivity contribution in [2.24, 2.45) is 0 Å². The van der Waals surface area contributed by atoms with Crippen molar-refractivity contribution in [3.63, 3.8) is 0 Å². The van der Waals surface area contributed by atoms with E-state index in [1.807, 2.05) is 6.07 Å². The Balaban J connectivity index is 2.07. The van der Waals surface area contributed by atoms with Crippen LogP contribution < -0.4 is 4.31 Å². The van der Waals surface area contributed by atoms with E-state index in [4.69, 9.17) is 46.4 Å². The molecule has 0 saturated heterocycles. The maximum atomic E-state index is 12.5. The molecule has 0 aliphatic carbocycles. The highest BCUT2D eigenvalue weighted by molar-refractivity contribution is 7.86. The van der Waals surface area contributed by atoms with Gasteiger partial charge in [0.05, 0.1) is 32.2 Å². The van der Waals surface area contributed by atoms with Crippen LogP contribution in [0.2, 0.25) is 20.1 Å². The van der Waals surface area contributed by atoms with E-state index < -0.39 is 11.0 Å². The van der Waals surface area contributed by atoms with Gasteiger partial charge in [-0.25, -0.2) is 4.21 Å². The van der Waals surface area contributed by atoms with Crippen LogP contribution >= 0.6 is 46.4 Å². The van der Waals surface area contributed by atoms with Crippen molar-refractivity contribution in [1.29, 1.82) is 0 Å². The topological polar surface area (TPSA) is 20.3 Å². The predicted molar refractivity (Wildman–Crippen MR) is 85.5 cm³/mol. The highest BCUT2D eigenvalue weighted by Gasteiger charge is 2.29. The van der Waals surface area contributed by atoms with E-state index in [1.165, 1.54) is 0 Å². The van der Waals surface area contributed by atoms with Crippen molar-refractivity contribution in [2.75, 3.05) is 4.31 Å². The summed E-state index contributed by atoms with van der Waals surface area (Å²) < 4.78 is 14.2. The molecule has 3 rings (SSSR count). The number of nitrogens with zero attached hydrogens (tertiary/aromatic N) is 1. The largest absolute Gasteiger partial charge is 0.282 e. The fourth-order valence-electron chi connectivity index (χ4n) is 2.04. The van der Waals surface area contributed by atoms with E-state index >= 15 is 0 Å². The van der Waals surface area contributed by atoms with E-state index in [9.17, 15) is 4.21 Å². The van der Waals surface area contributed by atoms with Crippen molar-refractivity contribution in [3.05, 3.63) is 56.0 Å². The van der Waals surface area contributed by atoms with Crippen LogP contribution in [-0.2, 0) is 17.5 Å². The first kappa shape index (κ1) is 14.5. The number of rotatable bonds is 1. The molecule has 1 aliphatic rings. The minimum absolute atomic E-state index is 0.261. The fraction of sp³-hybridized carbons (Fsp3) is 0.0769. The minimum atomic E-state index is -1.36. The molecule has 20 heavy (non-hydrogen) atoms. The van der Waals surface area contributed by atoms with Crippen LogP contribution in [0.4, 0.5) is 5.69 Å². The summed E-state index contributed by atoms with van der Waals surface area (Å²) in [4.78, 5) is 0.694. The van der Waals surface area contributed by atoms with Crippen molar-refractivity contribution < 1.29 is 4.21 Å². The summed E-state index contributed by atoms with van der Waals surface area (Å²) in [6.07, 6.45) is 0. The number of fused-ring (bicyclic) bond motifs is 1. The molecule has 0 spiro atoms. The van der Waals surface area contributed by atoms with Crippen LogP contribution in [0.5, 0.6) is 0 Å². The molecule has 1 atom stereocenters. The molecule has 1 heterocycles. The highest BCUT2D eigenvalue weighted by atomic mass is 35.5. The van der Waals surface area contributed by atoms with E-state index in [0.29, 0.717) is 32.2 Å². The van der Waals surface area contributed by atoms with Gasteiger partial charge in [-0.1, -0.05) is 52.5 Å². The maximum Gasteiger partial charge on any atom is 0.153 e. The second-order valence-electron chi connectivity index (χ2n) is 4.23. The van der Waals surface area contributed by atoms with Crippen molar-refractivity contribution in [3.8, 4) is 0 Å². The summed E-state index contributed by atoms with van der Waals surface area (Å²) >= 11 is 24.1. The average Bonchev–Trinajstić information content (AvgIpc) is 2.74. The van der Waals surface area contributed by atoms with Gasteiger partial charge in [0.25, 0.3) is 0 Å². The Morgan fingerprint density at radius 1 is 1.00 bits per heavy atom. The van der Waals surface area contributed by atoms with Crippen LogP contribution in [-0.4, -0.2) is 4.21 Å². The molecule has 1 aliphatic heterocycles. The molecule has 0 amide bonds. The molecule has 1 unspecified atom stereocenters. The fourth-order valence-corrected chi connectivity index (χ4v) is 4.37. The van der Waals surface area contributed by atoms with Crippen molar-refractivity contribution in [1.82, 2.24) is 0 Å². The SMILES string of the molecule is O=S1c2cc(Cl)ccc2CN1c1ccc(Cl)c(Cl)c1Cl. The lowest BCUT2D eigenvalue weighted by Gasteiger charge is -2.18. The summed E-state index contributed by atoms with van der Waals surface area (Å²) in [6, 6.07) is 8.69. The van der Waals surface area contributed by atoms with Gasteiger partial charge >= 0.3 is 0 Å². The third kappa shape index (κ3) is 2.32. The Hall–Kier alpha value is -0.450. The molecule has 0 radical (unpaired) electrons. The zero-order chi connectivity index (χ0) is 14.4. The van der Waals surface area contributed by atoms with Gasteiger partial charge in [0.1, 0.15) is 0 Å². The lowest BCUT2D eigenvalue weighted by molar-refractivity contribution is 0.683. The number of hydrogen-bond acceptors (Lipinski definition) is 1. The average molecular weight is 367 g/mol. The summed E-state index contributed by atoms with van der Waals surface area (Å²) in [7, 11) is -1.36. The van der Waals surface area contributed by atoms with Crippen LogP contribution in [0.25, 0.3) is 0 Å². The smallest absolute Gasteiger partial charge is 0.153 e. The third-order valence-corrected chi connectivity index (χ3v) is 6.02. The summed E-state index contributed by atoms with van der Waals surface area (Å²) in [5.74, 6) is 0. The molecule has 0 N–H and O–H groups in total. The zero-order valence-corrected chi connectivity index (χ0v) is 13.7. The van der Waals surface area contributed by atoms with Gasteiger partial charge in [-0.15, -0.1) is 0 Å². The van der Waals surface area contributed by atoms with Crippen LogP contribution in [0, 0.1) is 0 Å². The molecule has 7 heteroatoms. The molecule has 2 nitrogen and oxygen atoms in total. The van der Waals surface area contributed by atoms with Crippen LogP contribution in [0.3, 0.4) is 0 Å². The number of benzene rings is 2.